The van der Waals surface area contributed by atoms with E-state index in [1.807, 2.05) is 41.8 Å². The van der Waals surface area contributed by atoms with Gasteiger partial charge in [-0.3, -0.25) is 4.40 Å². The van der Waals surface area contributed by atoms with Crippen LogP contribution in [-0.4, -0.2) is 14.6 Å². The molecule has 2 aromatic heterocycles. The molecule has 0 saturated carbocycles. The standard InChI is InChI=1S/C15H14Cl2N4/c1-10(15-20-19-14-4-2-3-7-21(14)15)18-9-11-8-12(16)5-6-13(11)17/h2-8,10,18H,9H2,1H3. The number of aromatic nitrogens is 3. The van der Waals surface area contributed by atoms with Crippen LogP contribution in [0.1, 0.15) is 24.4 Å². The van der Waals surface area contributed by atoms with E-state index in [9.17, 15) is 0 Å². The van der Waals surface area contributed by atoms with Gasteiger partial charge in [0.1, 0.15) is 0 Å². The smallest absolute Gasteiger partial charge is 0.160 e. The van der Waals surface area contributed by atoms with Crippen LogP contribution >= 0.6 is 23.2 Å². The Morgan fingerprint density at radius 3 is 2.90 bits per heavy atom. The quantitative estimate of drug-likeness (QED) is 0.793. The summed E-state index contributed by atoms with van der Waals surface area (Å²) in [4.78, 5) is 0. The van der Waals surface area contributed by atoms with Gasteiger partial charge < -0.3 is 5.32 Å². The van der Waals surface area contributed by atoms with Gasteiger partial charge in [0.2, 0.25) is 0 Å². The molecule has 3 rings (SSSR count). The van der Waals surface area contributed by atoms with Crippen LogP contribution in [0.15, 0.2) is 42.6 Å². The van der Waals surface area contributed by atoms with Gasteiger partial charge in [-0.05, 0) is 42.8 Å². The van der Waals surface area contributed by atoms with Crippen LogP contribution in [0.5, 0.6) is 0 Å². The molecule has 0 radical (unpaired) electrons. The molecular weight excluding hydrogens is 307 g/mol. The lowest BCUT2D eigenvalue weighted by Crippen LogP contribution is -2.20. The zero-order valence-electron chi connectivity index (χ0n) is 11.4. The van der Waals surface area contributed by atoms with Gasteiger partial charge in [0.05, 0.1) is 6.04 Å². The normalized spacial score (nSPS) is 12.7. The van der Waals surface area contributed by atoms with Gasteiger partial charge in [0.15, 0.2) is 11.5 Å². The third kappa shape index (κ3) is 3.02. The van der Waals surface area contributed by atoms with E-state index in [1.54, 1.807) is 12.1 Å². The lowest BCUT2D eigenvalue weighted by molar-refractivity contribution is 0.541. The highest BCUT2D eigenvalue weighted by molar-refractivity contribution is 6.33. The molecule has 6 heteroatoms. The maximum atomic E-state index is 6.17. The van der Waals surface area contributed by atoms with Crippen LogP contribution in [0, 0.1) is 0 Å². The van der Waals surface area contributed by atoms with E-state index in [2.05, 4.69) is 15.5 Å². The Bertz CT molecular complexity index is 769. The van der Waals surface area contributed by atoms with Gasteiger partial charge in [-0.15, -0.1) is 10.2 Å². The van der Waals surface area contributed by atoms with Gasteiger partial charge >= 0.3 is 0 Å². The number of rotatable bonds is 4. The van der Waals surface area contributed by atoms with Crippen molar-refractivity contribution < 1.29 is 0 Å². The number of hydrogen-bond acceptors (Lipinski definition) is 3. The minimum absolute atomic E-state index is 0.0393. The molecule has 0 spiro atoms. The Balaban J connectivity index is 1.77. The minimum atomic E-state index is 0.0393. The predicted molar refractivity (Wildman–Crippen MR) is 84.7 cm³/mol. The second-order valence-electron chi connectivity index (χ2n) is 4.83. The van der Waals surface area contributed by atoms with E-state index >= 15 is 0 Å². The summed E-state index contributed by atoms with van der Waals surface area (Å²) >= 11 is 12.2. The van der Waals surface area contributed by atoms with Crippen molar-refractivity contribution in [3.63, 3.8) is 0 Å². The molecule has 0 fully saturated rings. The largest absolute Gasteiger partial charge is 0.303 e. The zero-order chi connectivity index (χ0) is 14.8. The fraction of sp³-hybridized carbons (Fsp3) is 0.200. The molecule has 0 aliphatic carbocycles. The summed E-state index contributed by atoms with van der Waals surface area (Å²) in [5, 5.41) is 13.2. The maximum absolute atomic E-state index is 6.17. The van der Waals surface area contributed by atoms with E-state index in [1.165, 1.54) is 0 Å². The van der Waals surface area contributed by atoms with Crippen molar-refractivity contribution in [2.45, 2.75) is 19.5 Å². The predicted octanol–water partition coefficient (Wildman–Crippen LogP) is 3.89. The van der Waals surface area contributed by atoms with Gasteiger partial charge in [0.25, 0.3) is 0 Å². The van der Waals surface area contributed by atoms with E-state index in [0.29, 0.717) is 16.6 Å². The van der Waals surface area contributed by atoms with Crippen LogP contribution < -0.4 is 5.32 Å². The molecule has 1 atom stereocenters. The van der Waals surface area contributed by atoms with Crippen molar-refractivity contribution in [3.8, 4) is 0 Å². The lowest BCUT2D eigenvalue weighted by atomic mass is 10.2. The number of hydrogen-bond donors (Lipinski definition) is 1. The third-order valence-corrected chi connectivity index (χ3v) is 3.94. The van der Waals surface area contributed by atoms with E-state index in [4.69, 9.17) is 23.2 Å². The van der Waals surface area contributed by atoms with Crippen molar-refractivity contribution in [1.82, 2.24) is 19.9 Å². The number of fused-ring (bicyclic) bond motifs is 1. The van der Waals surface area contributed by atoms with E-state index in [0.717, 1.165) is 17.0 Å². The number of nitrogens with one attached hydrogen (secondary N) is 1. The molecule has 2 heterocycles. The summed E-state index contributed by atoms with van der Waals surface area (Å²) < 4.78 is 1.97. The number of nitrogens with zero attached hydrogens (tertiary/aromatic N) is 3. The summed E-state index contributed by atoms with van der Waals surface area (Å²) in [7, 11) is 0. The van der Waals surface area contributed by atoms with Gasteiger partial charge in [-0.1, -0.05) is 29.3 Å². The summed E-state index contributed by atoms with van der Waals surface area (Å²) in [6.07, 6.45) is 1.95. The van der Waals surface area contributed by atoms with Crippen molar-refractivity contribution in [3.05, 3.63) is 64.0 Å². The first-order chi connectivity index (χ1) is 10.1. The second kappa shape index (κ2) is 6.02. The van der Waals surface area contributed by atoms with E-state index in [-0.39, 0.29) is 6.04 Å². The molecular formula is C15H14Cl2N4. The maximum Gasteiger partial charge on any atom is 0.160 e. The Morgan fingerprint density at radius 1 is 1.19 bits per heavy atom. The molecule has 0 aliphatic heterocycles. The molecule has 21 heavy (non-hydrogen) atoms. The monoisotopic (exact) mass is 320 g/mol. The minimum Gasteiger partial charge on any atom is -0.303 e. The Morgan fingerprint density at radius 2 is 2.05 bits per heavy atom. The molecule has 0 amide bonds. The number of benzene rings is 1. The molecule has 3 aromatic rings. The van der Waals surface area contributed by atoms with Crippen LogP contribution in [0.2, 0.25) is 10.0 Å². The molecule has 108 valence electrons. The fourth-order valence-electron chi connectivity index (χ4n) is 2.19. The van der Waals surface area contributed by atoms with Crippen molar-refractivity contribution >= 4 is 28.8 Å². The van der Waals surface area contributed by atoms with Gasteiger partial charge in [-0.2, -0.15) is 0 Å². The average Bonchev–Trinajstić information content (AvgIpc) is 2.92. The van der Waals surface area contributed by atoms with Crippen molar-refractivity contribution in [1.29, 1.82) is 0 Å². The average molecular weight is 321 g/mol. The SMILES string of the molecule is CC(NCc1cc(Cl)ccc1Cl)c1nnc2ccccn12. The highest BCUT2D eigenvalue weighted by atomic mass is 35.5. The lowest BCUT2D eigenvalue weighted by Gasteiger charge is -2.13. The Labute approximate surface area is 132 Å². The van der Waals surface area contributed by atoms with Crippen LogP contribution in [-0.2, 0) is 6.54 Å². The molecule has 0 bridgehead atoms. The topological polar surface area (TPSA) is 42.2 Å². The van der Waals surface area contributed by atoms with Crippen LogP contribution in [0.25, 0.3) is 5.65 Å². The molecule has 1 unspecified atom stereocenters. The summed E-state index contributed by atoms with van der Waals surface area (Å²) in [5.41, 5.74) is 1.80. The summed E-state index contributed by atoms with van der Waals surface area (Å²) in [6, 6.07) is 11.3. The molecule has 1 N–H and O–H groups in total. The Hall–Kier alpha value is -1.62. The highest BCUT2D eigenvalue weighted by Crippen LogP contribution is 2.21. The van der Waals surface area contributed by atoms with Crippen LogP contribution in [0.4, 0.5) is 0 Å². The zero-order valence-corrected chi connectivity index (χ0v) is 12.9. The van der Waals surface area contributed by atoms with E-state index < -0.39 is 0 Å². The first-order valence-electron chi connectivity index (χ1n) is 6.62. The molecule has 0 saturated heterocycles. The summed E-state index contributed by atoms with van der Waals surface area (Å²) in [6.45, 7) is 2.66. The number of pyridine rings is 1. The first kappa shape index (κ1) is 14.3. The van der Waals surface area contributed by atoms with Crippen molar-refractivity contribution in [2.24, 2.45) is 0 Å². The Kier molecular flexibility index (Phi) is 4.10. The fourth-order valence-corrected chi connectivity index (χ4v) is 2.57. The van der Waals surface area contributed by atoms with Gasteiger partial charge in [0, 0.05) is 22.8 Å². The van der Waals surface area contributed by atoms with Crippen molar-refractivity contribution in [2.75, 3.05) is 0 Å². The first-order valence-corrected chi connectivity index (χ1v) is 7.38. The second-order valence-corrected chi connectivity index (χ2v) is 5.67. The third-order valence-electron chi connectivity index (χ3n) is 3.33. The number of halogens is 2. The molecule has 1 aromatic carbocycles. The van der Waals surface area contributed by atoms with Crippen LogP contribution in [0.3, 0.4) is 0 Å². The highest BCUT2D eigenvalue weighted by Gasteiger charge is 2.13. The van der Waals surface area contributed by atoms with Gasteiger partial charge in [-0.25, -0.2) is 0 Å². The summed E-state index contributed by atoms with van der Waals surface area (Å²) in [5.74, 6) is 0.865. The molecule has 4 nitrogen and oxygen atoms in total. The molecule has 0 aliphatic rings.